The molecule has 0 aliphatic heterocycles. The molecule has 0 aliphatic carbocycles. The van der Waals surface area contributed by atoms with E-state index in [2.05, 4.69) is 46.9 Å². The van der Waals surface area contributed by atoms with Gasteiger partial charge in [-0.25, -0.2) is 0 Å². The predicted octanol–water partition coefficient (Wildman–Crippen LogP) is 3.69. The molecule has 0 aromatic carbocycles. The van der Waals surface area contributed by atoms with Gasteiger partial charge in [-0.1, -0.05) is 59.8 Å². The Kier molecular flexibility index (Phi) is 4.87. The molecule has 0 amide bonds. The Morgan fingerprint density at radius 2 is 2.29 bits per heavy atom. The number of nitrogens with zero attached hydrogens (tertiary/aromatic N) is 2. The van der Waals surface area contributed by atoms with Crippen molar-refractivity contribution in [2.24, 2.45) is 11.3 Å². The highest BCUT2D eigenvalue weighted by Gasteiger charge is 2.23. The van der Waals surface area contributed by atoms with E-state index in [0.29, 0.717) is 11.3 Å². The zero-order valence-corrected chi connectivity index (χ0v) is 11.9. The van der Waals surface area contributed by atoms with Crippen LogP contribution in [0, 0.1) is 11.3 Å². The minimum absolute atomic E-state index is 0.348. The zero-order valence-electron chi connectivity index (χ0n) is 8.66. The molecule has 0 aliphatic rings. The Balaban J connectivity index is 2.43. The smallest absolute Gasteiger partial charge is 0.146 e. The monoisotopic (exact) mass is 294 g/mol. The molecule has 0 saturated carbocycles. The molecule has 14 heavy (non-hydrogen) atoms. The second kappa shape index (κ2) is 5.47. The number of hydrogen-bond donors (Lipinski definition) is 0. The third-order valence-corrected chi connectivity index (χ3v) is 4.96. The van der Waals surface area contributed by atoms with Crippen molar-refractivity contribution in [1.29, 1.82) is 0 Å². The first-order chi connectivity index (χ1) is 6.54. The first kappa shape index (κ1) is 12.5. The average molecular weight is 295 g/mol. The Morgan fingerprint density at radius 1 is 1.57 bits per heavy atom. The van der Waals surface area contributed by atoms with Crippen molar-refractivity contribution in [1.82, 2.24) is 10.2 Å². The van der Waals surface area contributed by atoms with E-state index in [1.54, 1.807) is 28.6 Å². The van der Waals surface area contributed by atoms with Gasteiger partial charge in [0.05, 0.1) is 0 Å². The van der Waals surface area contributed by atoms with Crippen LogP contribution in [0.25, 0.3) is 0 Å². The fourth-order valence-electron chi connectivity index (χ4n) is 0.924. The number of halogens is 1. The van der Waals surface area contributed by atoms with Gasteiger partial charge in [-0.05, 0) is 11.3 Å². The van der Waals surface area contributed by atoms with Crippen LogP contribution in [0.1, 0.15) is 20.8 Å². The van der Waals surface area contributed by atoms with E-state index in [9.17, 15) is 0 Å². The normalized spacial score (nSPS) is 14.3. The summed E-state index contributed by atoms with van der Waals surface area (Å²) in [5.74, 6) is 1.76. The Bertz CT molecular complexity index is 256. The van der Waals surface area contributed by atoms with Crippen LogP contribution in [0.4, 0.5) is 0 Å². The fraction of sp³-hybridized carbons (Fsp3) is 0.778. The molecule has 80 valence electrons. The molecule has 1 atom stereocenters. The van der Waals surface area contributed by atoms with E-state index >= 15 is 0 Å². The molecule has 2 nitrogen and oxygen atoms in total. The largest absolute Gasteiger partial charge is 0.174 e. The van der Waals surface area contributed by atoms with E-state index in [4.69, 9.17) is 0 Å². The highest BCUT2D eigenvalue weighted by molar-refractivity contribution is 9.09. The molecule has 1 aromatic heterocycles. The summed E-state index contributed by atoms with van der Waals surface area (Å²) in [6, 6.07) is 0. The van der Waals surface area contributed by atoms with Gasteiger partial charge in [0.15, 0.2) is 4.34 Å². The molecule has 5 heteroatoms. The van der Waals surface area contributed by atoms with Crippen LogP contribution in [0.2, 0.25) is 0 Å². The van der Waals surface area contributed by atoms with Gasteiger partial charge in [-0.15, -0.1) is 10.2 Å². The van der Waals surface area contributed by atoms with Gasteiger partial charge in [-0.3, -0.25) is 0 Å². The summed E-state index contributed by atoms with van der Waals surface area (Å²) in [4.78, 5) is 0. The maximum absolute atomic E-state index is 4.02. The number of hydrogen-bond acceptors (Lipinski definition) is 4. The summed E-state index contributed by atoms with van der Waals surface area (Å²) < 4.78 is 1.07. The highest BCUT2D eigenvalue weighted by Crippen LogP contribution is 2.33. The van der Waals surface area contributed by atoms with Crippen LogP contribution in [0.5, 0.6) is 0 Å². The van der Waals surface area contributed by atoms with E-state index in [0.717, 1.165) is 15.4 Å². The van der Waals surface area contributed by atoms with Crippen molar-refractivity contribution in [3.63, 3.8) is 0 Å². The molecule has 0 spiro atoms. The summed E-state index contributed by atoms with van der Waals surface area (Å²) in [5.41, 5.74) is 2.13. The van der Waals surface area contributed by atoms with Gasteiger partial charge in [0.2, 0.25) is 0 Å². The molecule has 1 unspecified atom stereocenters. The van der Waals surface area contributed by atoms with E-state index in [1.807, 2.05) is 0 Å². The number of alkyl halides is 1. The summed E-state index contributed by atoms with van der Waals surface area (Å²) in [5, 5.41) is 8.89. The SMILES string of the molecule is CC(C)(C)C(CBr)CSc1nncs1. The van der Waals surface area contributed by atoms with Gasteiger partial charge >= 0.3 is 0 Å². The van der Waals surface area contributed by atoms with Gasteiger partial charge in [0.1, 0.15) is 5.51 Å². The molecule has 1 rings (SSSR count). The lowest BCUT2D eigenvalue weighted by molar-refractivity contribution is 0.295. The van der Waals surface area contributed by atoms with Crippen LogP contribution in [0.3, 0.4) is 0 Å². The Hall–Kier alpha value is 0.390. The van der Waals surface area contributed by atoms with E-state index in [-0.39, 0.29) is 0 Å². The minimum atomic E-state index is 0.348. The fourth-order valence-corrected chi connectivity index (χ4v) is 4.38. The molecule has 1 heterocycles. The second-order valence-electron chi connectivity index (χ2n) is 4.23. The molecule has 0 bridgehead atoms. The topological polar surface area (TPSA) is 25.8 Å². The van der Waals surface area contributed by atoms with Crippen LogP contribution in [-0.4, -0.2) is 21.3 Å². The summed E-state index contributed by atoms with van der Waals surface area (Å²) in [6.45, 7) is 6.83. The van der Waals surface area contributed by atoms with Gasteiger partial charge in [0.25, 0.3) is 0 Å². The lowest BCUT2D eigenvalue weighted by Crippen LogP contribution is -2.23. The first-order valence-electron chi connectivity index (χ1n) is 4.49. The Morgan fingerprint density at radius 3 is 2.71 bits per heavy atom. The quantitative estimate of drug-likeness (QED) is 0.626. The van der Waals surface area contributed by atoms with Crippen LogP contribution < -0.4 is 0 Å². The summed E-state index contributed by atoms with van der Waals surface area (Å²) >= 11 is 6.98. The van der Waals surface area contributed by atoms with Crippen LogP contribution in [0.15, 0.2) is 9.85 Å². The third kappa shape index (κ3) is 3.87. The molecular formula is C9H15BrN2S2. The summed E-state index contributed by atoms with van der Waals surface area (Å²) in [6.07, 6.45) is 0. The van der Waals surface area contributed by atoms with Crippen molar-refractivity contribution < 1.29 is 0 Å². The zero-order chi connectivity index (χ0) is 10.6. The summed E-state index contributed by atoms with van der Waals surface area (Å²) in [7, 11) is 0. The van der Waals surface area contributed by atoms with Crippen molar-refractivity contribution in [2.45, 2.75) is 25.1 Å². The van der Waals surface area contributed by atoms with Crippen molar-refractivity contribution >= 4 is 39.0 Å². The molecular weight excluding hydrogens is 280 g/mol. The van der Waals surface area contributed by atoms with Gasteiger partial charge in [-0.2, -0.15) is 0 Å². The number of rotatable bonds is 4. The van der Waals surface area contributed by atoms with Gasteiger partial charge in [0, 0.05) is 11.1 Å². The third-order valence-electron chi connectivity index (χ3n) is 2.16. The minimum Gasteiger partial charge on any atom is -0.146 e. The maximum Gasteiger partial charge on any atom is 0.174 e. The first-order valence-corrected chi connectivity index (χ1v) is 7.47. The standard InChI is InChI=1S/C9H15BrN2S2/c1-9(2,3)7(4-10)5-13-8-12-11-6-14-8/h6-7H,4-5H2,1-3H3. The van der Waals surface area contributed by atoms with Crippen LogP contribution in [-0.2, 0) is 0 Å². The average Bonchev–Trinajstić information content (AvgIpc) is 2.55. The van der Waals surface area contributed by atoms with Crippen LogP contribution >= 0.6 is 39.0 Å². The lowest BCUT2D eigenvalue weighted by atomic mass is 9.83. The van der Waals surface area contributed by atoms with Gasteiger partial charge < -0.3 is 0 Å². The predicted molar refractivity (Wildman–Crippen MR) is 67.4 cm³/mol. The van der Waals surface area contributed by atoms with Crippen molar-refractivity contribution in [3.05, 3.63) is 5.51 Å². The molecule has 0 saturated heterocycles. The second-order valence-corrected chi connectivity index (χ2v) is 6.98. The highest BCUT2D eigenvalue weighted by atomic mass is 79.9. The molecule has 0 fully saturated rings. The van der Waals surface area contributed by atoms with E-state index in [1.165, 1.54) is 0 Å². The molecule has 0 radical (unpaired) electrons. The lowest BCUT2D eigenvalue weighted by Gasteiger charge is -2.28. The molecule has 1 aromatic rings. The van der Waals surface area contributed by atoms with Crippen molar-refractivity contribution in [3.8, 4) is 0 Å². The van der Waals surface area contributed by atoms with Crippen molar-refractivity contribution in [2.75, 3.05) is 11.1 Å². The molecule has 0 N–H and O–H groups in total. The number of thioether (sulfide) groups is 1. The maximum atomic E-state index is 4.02. The van der Waals surface area contributed by atoms with E-state index < -0.39 is 0 Å². The number of aromatic nitrogens is 2. The Labute approximate surface area is 102 Å².